The van der Waals surface area contributed by atoms with E-state index in [-0.39, 0.29) is 16.4 Å². The van der Waals surface area contributed by atoms with Gasteiger partial charge >= 0.3 is 0 Å². The molecule has 1 aliphatic heterocycles. The van der Waals surface area contributed by atoms with Crippen LogP contribution in [0.1, 0.15) is 29.9 Å². The van der Waals surface area contributed by atoms with Crippen molar-refractivity contribution in [2.45, 2.75) is 33.1 Å². The monoisotopic (exact) mass is 426 g/mol. The van der Waals surface area contributed by atoms with E-state index in [2.05, 4.69) is 14.9 Å². The molecule has 5 nitrogen and oxygen atoms in total. The van der Waals surface area contributed by atoms with E-state index in [1.807, 2.05) is 32.0 Å². The third-order valence-electron chi connectivity index (χ3n) is 5.65. The Bertz CT molecular complexity index is 1110. The van der Waals surface area contributed by atoms with Gasteiger partial charge in [-0.25, -0.2) is 14.4 Å². The second-order valence-corrected chi connectivity index (χ2v) is 8.28. The first-order valence-electron chi connectivity index (χ1n) is 10.1. The maximum absolute atomic E-state index is 13.7. The molecule has 1 fully saturated rings. The van der Waals surface area contributed by atoms with Crippen LogP contribution in [0.5, 0.6) is 0 Å². The molecule has 0 aliphatic carbocycles. The first-order valence-corrected chi connectivity index (χ1v) is 10.5. The van der Waals surface area contributed by atoms with Crippen LogP contribution in [0.3, 0.4) is 0 Å². The van der Waals surface area contributed by atoms with Crippen LogP contribution in [0.4, 0.5) is 10.2 Å². The minimum Gasteiger partial charge on any atom is -0.357 e. The molecule has 0 amide bonds. The first kappa shape index (κ1) is 20.5. The van der Waals surface area contributed by atoms with E-state index in [1.165, 1.54) is 6.07 Å². The Morgan fingerprint density at radius 1 is 1.13 bits per heavy atom. The summed E-state index contributed by atoms with van der Waals surface area (Å²) in [5.41, 5.74) is 2.32. The molecular weight excluding hydrogens is 403 g/mol. The normalized spacial score (nSPS) is 14.9. The highest BCUT2D eigenvalue weighted by molar-refractivity contribution is 6.30. The maximum atomic E-state index is 13.7. The molecule has 30 heavy (non-hydrogen) atoms. The standard InChI is InChI=1S/C23H24ClFN4O/c1-15-11-23(30)29(16(2)27-15)19-4-6-22(26-14-19)28-9-7-17(8-10-28)12-18-3-5-20(24)21(25)13-18/h3-6,11,13-14,17H,7-10,12H2,1-2H3. The fraction of sp³-hybridized carbons (Fsp3) is 0.348. The molecule has 1 saturated heterocycles. The van der Waals surface area contributed by atoms with E-state index < -0.39 is 0 Å². The van der Waals surface area contributed by atoms with Gasteiger partial charge in [0.25, 0.3) is 5.56 Å². The Morgan fingerprint density at radius 3 is 2.53 bits per heavy atom. The molecule has 1 aliphatic rings. The zero-order valence-corrected chi connectivity index (χ0v) is 17.9. The summed E-state index contributed by atoms with van der Waals surface area (Å²) in [5, 5.41) is 0.168. The molecular formula is C23H24ClFN4O. The van der Waals surface area contributed by atoms with Crippen molar-refractivity contribution in [1.82, 2.24) is 14.5 Å². The van der Waals surface area contributed by atoms with Gasteiger partial charge in [-0.05, 0) is 68.9 Å². The van der Waals surface area contributed by atoms with Gasteiger partial charge in [-0.3, -0.25) is 9.36 Å². The van der Waals surface area contributed by atoms with Crippen LogP contribution < -0.4 is 10.5 Å². The molecule has 3 heterocycles. The van der Waals surface area contributed by atoms with Gasteiger partial charge < -0.3 is 4.90 Å². The molecule has 0 atom stereocenters. The number of aromatic nitrogens is 3. The molecule has 0 bridgehead atoms. The smallest absolute Gasteiger partial charge is 0.258 e. The lowest BCUT2D eigenvalue weighted by Gasteiger charge is -2.33. The van der Waals surface area contributed by atoms with E-state index in [1.54, 1.807) is 22.9 Å². The highest BCUT2D eigenvalue weighted by atomic mass is 35.5. The summed E-state index contributed by atoms with van der Waals surface area (Å²) in [6, 6.07) is 10.5. The van der Waals surface area contributed by atoms with Crippen molar-refractivity contribution in [3.8, 4) is 5.69 Å². The van der Waals surface area contributed by atoms with Crippen LogP contribution in [0, 0.1) is 25.6 Å². The highest BCUT2D eigenvalue weighted by Crippen LogP contribution is 2.26. The lowest BCUT2D eigenvalue weighted by atomic mass is 9.90. The zero-order valence-electron chi connectivity index (χ0n) is 17.1. The predicted octanol–water partition coefficient (Wildman–Crippen LogP) is 4.50. The number of aryl methyl sites for hydroxylation is 2. The van der Waals surface area contributed by atoms with E-state index >= 15 is 0 Å². The number of benzene rings is 1. The van der Waals surface area contributed by atoms with Crippen LogP contribution in [0.15, 0.2) is 47.4 Å². The van der Waals surface area contributed by atoms with Crippen LogP contribution in [0.2, 0.25) is 5.02 Å². The number of rotatable bonds is 4. The fourth-order valence-electron chi connectivity index (χ4n) is 4.12. The molecule has 4 rings (SSSR count). The summed E-state index contributed by atoms with van der Waals surface area (Å²) in [6.07, 6.45) is 4.63. The van der Waals surface area contributed by atoms with Gasteiger partial charge in [-0.1, -0.05) is 17.7 Å². The highest BCUT2D eigenvalue weighted by Gasteiger charge is 2.21. The number of piperidine rings is 1. The Balaban J connectivity index is 1.40. The summed E-state index contributed by atoms with van der Waals surface area (Å²) in [5.74, 6) is 1.71. The van der Waals surface area contributed by atoms with Crippen LogP contribution in [-0.2, 0) is 6.42 Å². The summed E-state index contributed by atoms with van der Waals surface area (Å²) >= 11 is 5.77. The summed E-state index contributed by atoms with van der Waals surface area (Å²) in [7, 11) is 0. The third-order valence-corrected chi connectivity index (χ3v) is 5.96. The van der Waals surface area contributed by atoms with Gasteiger partial charge in [0, 0.05) is 24.8 Å². The average Bonchev–Trinajstić information content (AvgIpc) is 2.71. The topological polar surface area (TPSA) is 51.0 Å². The van der Waals surface area contributed by atoms with Crippen molar-refractivity contribution in [2.24, 2.45) is 5.92 Å². The lowest BCUT2D eigenvalue weighted by molar-refractivity contribution is 0.401. The number of nitrogens with zero attached hydrogens (tertiary/aromatic N) is 4. The van der Waals surface area contributed by atoms with Crippen molar-refractivity contribution in [1.29, 1.82) is 0 Å². The zero-order chi connectivity index (χ0) is 21.3. The molecule has 7 heteroatoms. The first-order chi connectivity index (χ1) is 14.4. The van der Waals surface area contributed by atoms with Crippen LogP contribution in [0.25, 0.3) is 5.69 Å². The Labute approximate surface area is 180 Å². The van der Waals surface area contributed by atoms with Gasteiger partial charge in [0.1, 0.15) is 17.5 Å². The number of hydrogen-bond acceptors (Lipinski definition) is 4. The maximum Gasteiger partial charge on any atom is 0.258 e. The lowest BCUT2D eigenvalue weighted by Crippen LogP contribution is -2.34. The largest absolute Gasteiger partial charge is 0.357 e. The van der Waals surface area contributed by atoms with Gasteiger partial charge in [0.05, 0.1) is 16.9 Å². The van der Waals surface area contributed by atoms with E-state index in [4.69, 9.17) is 11.6 Å². The van der Waals surface area contributed by atoms with Crippen molar-refractivity contribution in [3.05, 3.63) is 80.9 Å². The summed E-state index contributed by atoms with van der Waals surface area (Å²) in [6.45, 7) is 5.43. The van der Waals surface area contributed by atoms with Gasteiger partial charge in [-0.15, -0.1) is 0 Å². The predicted molar refractivity (Wildman–Crippen MR) is 117 cm³/mol. The van der Waals surface area contributed by atoms with E-state index in [0.717, 1.165) is 43.7 Å². The molecule has 0 N–H and O–H groups in total. The van der Waals surface area contributed by atoms with Crippen molar-refractivity contribution >= 4 is 17.4 Å². The van der Waals surface area contributed by atoms with E-state index in [9.17, 15) is 9.18 Å². The molecule has 3 aromatic rings. The minimum atomic E-state index is -0.353. The quantitative estimate of drug-likeness (QED) is 0.616. The number of hydrogen-bond donors (Lipinski definition) is 0. The summed E-state index contributed by atoms with van der Waals surface area (Å²) in [4.78, 5) is 23.5. The molecule has 2 aromatic heterocycles. The summed E-state index contributed by atoms with van der Waals surface area (Å²) < 4.78 is 15.2. The van der Waals surface area contributed by atoms with Crippen LogP contribution >= 0.6 is 11.6 Å². The fourth-order valence-corrected chi connectivity index (χ4v) is 4.24. The second-order valence-electron chi connectivity index (χ2n) is 7.88. The number of halogens is 2. The third kappa shape index (κ3) is 4.38. The SMILES string of the molecule is Cc1cc(=O)n(-c2ccc(N3CCC(Cc4ccc(Cl)c(F)c4)CC3)nc2)c(C)n1. The van der Waals surface area contributed by atoms with Crippen LogP contribution in [-0.4, -0.2) is 27.6 Å². The average molecular weight is 427 g/mol. The molecule has 0 unspecified atom stereocenters. The molecule has 0 spiro atoms. The van der Waals surface area contributed by atoms with Gasteiger partial charge in [0.15, 0.2) is 0 Å². The van der Waals surface area contributed by atoms with E-state index in [0.29, 0.717) is 23.1 Å². The van der Waals surface area contributed by atoms with Gasteiger partial charge in [0.2, 0.25) is 0 Å². The Morgan fingerprint density at radius 2 is 1.90 bits per heavy atom. The molecule has 0 radical (unpaired) electrons. The van der Waals surface area contributed by atoms with Crippen molar-refractivity contribution in [3.63, 3.8) is 0 Å². The number of pyridine rings is 1. The Hall–Kier alpha value is -2.73. The number of anilines is 1. The second kappa shape index (κ2) is 8.56. The minimum absolute atomic E-state index is 0.103. The molecule has 1 aromatic carbocycles. The van der Waals surface area contributed by atoms with Crippen molar-refractivity contribution < 1.29 is 4.39 Å². The molecule has 156 valence electrons. The Kier molecular flexibility index (Phi) is 5.86. The van der Waals surface area contributed by atoms with Crippen molar-refractivity contribution in [2.75, 3.05) is 18.0 Å². The molecule has 0 saturated carbocycles. The van der Waals surface area contributed by atoms with Gasteiger partial charge in [-0.2, -0.15) is 0 Å².